The van der Waals surface area contributed by atoms with E-state index in [0.717, 1.165) is 22.7 Å². The zero-order valence-electron chi connectivity index (χ0n) is 12.2. The predicted octanol–water partition coefficient (Wildman–Crippen LogP) is 5.08. The van der Waals surface area contributed by atoms with Crippen LogP contribution >= 0.6 is 35.0 Å². The summed E-state index contributed by atoms with van der Waals surface area (Å²) >= 11 is 13.6. The van der Waals surface area contributed by atoms with E-state index in [1.165, 1.54) is 11.8 Å². The summed E-state index contributed by atoms with van der Waals surface area (Å²) in [7, 11) is 1.64. The fourth-order valence-corrected chi connectivity index (χ4v) is 3.33. The Hall–Kier alpha value is -1.69. The number of nitrogens with zero attached hydrogens (tertiary/aromatic N) is 2. The largest absolute Gasteiger partial charge is 0.497 e. The first kappa shape index (κ1) is 16.2. The molecular formula is C16H13Cl2N3OS. The number of H-pyrrole nitrogens is 1. The predicted molar refractivity (Wildman–Crippen MR) is 94.4 cm³/mol. The number of ether oxygens (including phenoxy) is 1. The first-order chi connectivity index (χ1) is 11.2. The van der Waals surface area contributed by atoms with Gasteiger partial charge in [0.15, 0.2) is 5.82 Å². The van der Waals surface area contributed by atoms with Crippen molar-refractivity contribution in [2.75, 3.05) is 7.11 Å². The maximum atomic E-state index is 6.17. The van der Waals surface area contributed by atoms with Gasteiger partial charge in [0.2, 0.25) is 5.16 Å². The van der Waals surface area contributed by atoms with Crippen molar-refractivity contribution in [1.82, 2.24) is 15.2 Å². The molecule has 0 saturated heterocycles. The zero-order valence-corrected chi connectivity index (χ0v) is 14.5. The van der Waals surface area contributed by atoms with Crippen molar-refractivity contribution < 1.29 is 4.74 Å². The molecule has 0 fully saturated rings. The van der Waals surface area contributed by atoms with Crippen LogP contribution in [0.4, 0.5) is 0 Å². The summed E-state index contributed by atoms with van der Waals surface area (Å²) < 4.78 is 5.15. The Balaban J connectivity index is 1.69. The standard InChI is InChI=1S/C16H13Cl2N3OS/c1-22-13-6-3-10(4-7-13)15-19-16(21-20-15)23-9-11-2-5-12(17)8-14(11)18/h2-8H,9H2,1H3,(H,19,20,21). The van der Waals surface area contributed by atoms with Crippen LogP contribution in [-0.4, -0.2) is 22.3 Å². The van der Waals surface area contributed by atoms with Crippen molar-refractivity contribution in [3.05, 3.63) is 58.1 Å². The summed E-state index contributed by atoms with van der Waals surface area (Å²) in [5.74, 6) is 2.20. The minimum atomic E-state index is 0.628. The third-order valence-electron chi connectivity index (χ3n) is 3.20. The van der Waals surface area contributed by atoms with E-state index in [1.54, 1.807) is 13.2 Å². The summed E-state index contributed by atoms with van der Waals surface area (Å²) in [5, 5.41) is 9.11. The number of rotatable bonds is 5. The molecule has 0 aliphatic heterocycles. The Morgan fingerprint density at radius 3 is 2.61 bits per heavy atom. The number of thioether (sulfide) groups is 1. The summed E-state index contributed by atoms with van der Waals surface area (Å²) in [5.41, 5.74) is 1.95. The quantitative estimate of drug-likeness (QED) is 0.640. The summed E-state index contributed by atoms with van der Waals surface area (Å²) in [6.07, 6.45) is 0. The second-order valence-electron chi connectivity index (χ2n) is 4.72. The molecule has 3 rings (SSSR count). The molecule has 0 atom stereocenters. The average Bonchev–Trinajstić information content (AvgIpc) is 3.03. The van der Waals surface area contributed by atoms with Crippen LogP contribution in [0.3, 0.4) is 0 Å². The number of aromatic amines is 1. The van der Waals surface area contributed by atoms with Gasteiger partial charge in [0.05, 0.1) is 7.11 Å². The molecule has 0 aliphatic rings. The van der Waals surface area contributed by atoms with Gasteiger partial charge in [-0.2, -0.15) is 0 Å². The van der Waals surface area contributed by atoms with Gasteiger partial charge in [-0.15, -0.1) is 5.10 Å². The number of hydrogen-bond acceptors (Lipinski definition) is 4. The first-order valence-corrected chi connectivity index (χ1v) is 8.53. The van der Waals surface area contributed by atoms with Crippen LogP contribution in [0.2, 0.25) is 10.0 Å². The van der Waals surface area contributed by atoms with Gasteiger partial charge in [0.25, 0.3) is 0 Å². The molecule has 3 aromatic rings. The van der Waals surface area contributed by atoms with Crippen molar-refractivity contribution in [3.63, 3.8) is 0 Å². The third kappa shape index (κ3) is 3.99. The Bertz CT molecular complexity index is 805. The van der Waals surface area contributed by atoms with E-state index >= 15 is 0 Å². The van der Waals surface area contributed by atoms with Gasteiger partial charge >= 0.3 is 0 Å². The zero-order chi connectivity index (χ0) is 16.2. The number of halogens is 2. The normalized spacial score (nSPS) is 10.7. The third-order valence-corrected chi connectivity index (χ3v) is 4.68. The van der Waals surface area contributed by atoms with E-state index in [2.05, 4.69) is 15.2 Å². The topological polar surface area (TPSA) is 50.8 Å². The van der Waals surface area contributed by atoms with E-state index in [9.17, 15) is 0 Å². The van der Waals surface area contributed by atoms with Crippen LogP contribution in [0.1, 0.15) is 5.56 Å². The fourth-order valence-electron chi connectivity index (χ4n) is 1.97. The van der Waals surface area contributed by atoms with Gasteiger partial charge < -0.3 is 4.74 Å². The highest BCUT2D eigenvalue weighted by Crippen LogP contribution is 2.28. The van der Waals surface area contributed by atoms with Crippen molar-refractivity contribution in [1.29, 1.82) is 0 Å². The van der Waals surface area contributed by atoms with Crippen molar-refractivity contribution in [3.8, 4) is 17.1 Å². The maximum absolute atomic E-state index is 6.17. The minimum Gasteiger partial charge on any atom is -0.497 e. The van der Waals surface area contributed by atoms with Crippen LogP contribution in [-0.2, 0) is 5.75 Å². The van der Waals surface area contributed by atoms with Crippen molar-refractivity contribution >= 4 is 35.0 Å². The van der Waals surface area contributed by atoms with Crippen molar-refractivity contribution in [2.45, 2.75) is 10.9 Å². The molecule has 4 nitrogen and oxygen atoms in total. The molecule has 1 N–H and O–H groups in total. The second-order valence-corrected chi connectivity index (χ2v) is 6.51. The van der Waals surface area contributed by atoms with Gasteiger partial charge in [0.1, 0.15) is 5.75 Å². The summed E-state index contributed by atoms with van der Waals surface area (Å²) in [4.78, 5) is 4.48. The first-order valence-electron chi connectivity index (χ1n) is 6.79. The van der Waals surface area contributed by atoms with E-state index in [4.69, 9.17) is 27.9 Å². The van der Waals surface area contributed by atoms with Crippen LogP contribution in [0, 0.1) is 0 Å². The Morgan fingerprint density at radius 1 is 1.13 bits per heavy atom. The van der Waals surface area contributed by atoms with E-state index in [0.29, 0.717) is 21.0 Å². The molecule has 0 aliphatic carbocycles. The SMILES string of the molecule is COc1ccc(-c2nc(SCc3ccc(Cl)cc3Cl)n[nH]2)cc1. The summed E-state index contributed by atoms with van der Waals surface area (Å²) in [6, 6.07) is 13.1. The molecule has 0 saturated carbocycles. The molecule has 1 aromatic heterocycles. The highest BCUT2D eigenvalue weighted by Gasteiger charge is 2.08. The van der Waals surface area contributed by atoms with Crippen LogP contribution in [0.5, 0.6) is 5.75 Å². The number of aromatic nitrogens is 3. The van der Waals surface area contributed by atoms with Crippen LogP contribution in [0.15, 0.2) is 47.6 Å². The Labute approximate surface area is 148 Å². The number of hydrogen-bond donors (Lipinski definition) is 1. The van der Waals surface area contributed by atoms with Crippen LogP contribution in [0.25, 0.3) is 11.4 Å². The highest BCUT2D eigenvalue weighted by atomic mass is 35.5. The Kier molecular flexibility index (Phi) is 5.10. The molecule has 1 heterocycles. The molecular weight excluding hydrogens is 353 g/mol. The van der Waals surface area contributed by atoms with E-state index < -0.39 is 0 Å². The molecule has 118 valence electrons. The smallest absolute Gasteiger partial charge is 0.209 e. The van der Waals surface area contributed by atoms with Gasteiger partial charge in [-0.05, 0) is 42.0 Å². The monoisotopic (exact) mass is 365 g/mol. The molecule has 0 bridgehead atoms. The van der Waals surface area contributed by atoms with Gasteiger partial charge in [-0.1, -0.05) is 41.0 Å². The minimum absolute atomic E-state index is 0.628. The number of methoxy groups -OCH3 is 1. The Morgan fingerprint density at radius 2 is 1.91 bits per heavy atom. The lowest BCUT2D eigenvalue weighted by Crippen LogP contribution is -1.85. The van der Waals surface area contributed by atoms with Gasteiger partial charge in [0, 0.05) is 21.4 Å². The fraction of sp³-hybridized carbons (Fsp3) is 0.125. The number of nitrogens with one attached hydrogen (secondary N) is 1. The average molecular weight is 366 g/mol. The van der Waals surface area contributed by atoms with Gasteiger partial charge in [-0.25, -0.2) is 4.98 Å². The highest BCUT2D eigenvalue weighted by molar-refractivity contribution is 7.98. The van der Waals surface area contributed by atoms with Crippen LogP contribution < -0.4 is 4.74 Å². The second kappa shape index (κ2) is 7.25. The molecule has 7 heteroatoms. The van der Waals surface area contributed by atoms with Crippen molar-refractivity contribution in [2.24, 2.45) is 0 Å². The van der Waals surface area contributed by atoms with E-state index in [1.807, 2.05) is 36.4 Å². The molecule has 0 radical (unpaired) electrons. The maximum Gasteiger partial charge on any atom is 0.209 e. The lowest BCUT2D eigenvalue weighted by atomic mass is 10.2. The van der Waals surface area contributed by atoms with E-state index in [-0.39, 0.29) is 0 Å². The lowest BCUT2D eigenvalue weighted by molar-refractivity contribution is 0.415. The molecule has 0 spiro atoms. The van der Waals surface area contributed by atoms with Gasteiger partial charge in [-0.3, -0.25) is 5.10 Å². The summed E-state index contributed by atoms with van der Waals surface area (Å²) in [6.45, 7) is 0. The molecule has 23 heavy (non-hydrogen) atoms. The molecule has 0 unspecified atom stereocenters. The lowest BCUT2D eigenvalue weighted by Gasteiger charge is -2.02. The molecule has 0 amide bonds. The molecule has 2 aromatic carbocycles. The number of benzene rings is 2.